The lowest BCUT2D eigenvalue weighted by atomic mass is 10.1. The topological polar surface area (TPSA) is 51.0 Å². The van der Waals surface area contributed by atoms with Crippen LogP contribution in [-0.2, 0) is 0 Å². The van der Waals surface area contributed by atoms with E-state index in [9.17, 15) is 0 Å². The van der Waals surface area contributed by atoms with Crippen molar-refractivity contribution in [1.82, 2.24) is 10.2 Å². The Bertz CT molecular complexity index is 1080. The fourth-order valence-electron chi connectivity index (χ4n) is 2.89. The third kappa shape index (κ3) is 4.11. The molecule has 0 aliphatic rings. The van der Waals surface area contributed by atoms with E-state index in [0.717, 1.165) is 26.9 Å². The Kier molecular flexibility index (Phi) is 5.46. The molecule has 1 N–H and O–H groups in total. The molecule has 3 aromatic carbocycles. The van der Waals surface area contributed by atoms with Crippen molar-refractivity contribution >= 4 is 33.2 Å². The molecule has 0 unspecified atom stereocenters. The van der Waals surface area contributed by atoms with Crippen LogP contribution >= 0.6 is 27.5 Å². The molecule has 0 spiro atoms. The Morgan fingerprint density at radius 1 is 0.964 bits per heavy atom. The quantitative estimate of drug-likeness (QED) is 0.366. The first kappa shape index (κ1) is 18.7. The molecule has 1 atom stereocenters. The molecule has 140 valence electrons. The van der Waals surface area contributed by atoms with Crippen LogP contribution in [0.1, 0.15) is 23.1 Å². The van der Waals surface area contributed by atoms with Crippen LogP contribution in [0.25, 0.3) is 11.5 Å². The van der Waals surface area contributed by atoms with Crippen LogP contribution in [0.2, 0.25) is 5.02 Å². The number of hydrogen-bond acceptors (Lipinski definition) is 4. The summed E-state index contributed by atoms with van der Waals surface area (Å²) in [5.74, 6) is 0.977. The fraction of sp³-hybridized carbons (Fsp3) is 0.0909. The van der Waals surface area contributed by atoms with Gasteiger partial charge in [0, 0.05) is 20.7 Å². The number of nitrogens with one attached hydrogen (secondary N) is 1. The largest absolute Gasteiger partial charge is 0.418 e. The van der Waals surface area contributed by atoms with Gasteiger partial charge in [-0.15, -0.1) is 10.2 Å². The molecule has 0 amide bonds. The van der Waals surface area contributed by atoms with Gasteiger partial charge in [0.25, 0.3) is 0 Å². The second-order valence-corrected chi connectivity index (χ2v) is 7.70. The normalized spacial score (nSPS) is 12.0. The van der Waals surface area contributed by atoms with Gasteiger partial charge >= 0.3 is 0 Å². The SMILES string of the molecule is Cc1cc(N[C@H](c2ccc(Cl)cc2)c2nnc(-c3ccccc3)o2)ccc1Br. The van der Waals surface area contributed by atoms with Crippen molar-refractivity contribution in [3.05, 3.63) is 99.3 Å². The van der Waals surface area contributed by atoms with Crippen molar-refractivity contribution in [2.75, 3.05) is 5.32 Å². The van der Waals surface area contributed by atoms with Gasteiger partial charge in [0.1, 0.15) is 6.04 Å². The molecule has 0 fully saturated rings. The first-order valence-corrected chi connectivity index (χ1v) is 9.94. The molecule has 6 heteroatoms. The predicted molar refractivity (Wildman–Crippen MR) is 116 cm³/mol. The van der Waals surface area contributed by atoms with Gasteiger partial charge in [0.05, 0.1) is 0 Å². The highest BCUT2D eigenvalue weighted by Gasteiger charge is 2.22. The van der Waals surface area contributed by atoms with Crippen molar-refractivity contribution in [3.63, 3.8) is 0 Å². The van der Waals surface area contributed by atoms with E-state index >= 15 is 0 Å². The van der Waals surface area contributed by atoms with E-state index in [-0.39, 0.29) is 6.04 Å². The van der Waals surface area contributed by atoms with Crippen molar-refractivity contribution in [1.29, 1.82) is 0 Å². The number of rotatable bonds is 5. The van der Waals surface area contributed by atoms with E-state index in [0.29, 0.717) is 16.8 Å². The molecule has 1 heterocycles. The molecule has 1 aromatic heterocycles. The summed E-state index contributed by atoms with van der Waals surface area (Å²) >= 11 is 9.61. The summed E-state index contributed by atoms with van der Waals surface area (Å²) in [6, 6.07) is 23.1. The average molecular weight is 455 g/mol. The van der Waals surface area contributed by atoms with Gasteiger partial charge in [-0.05, 0) is 60.5 Å². The Labute approximate surface area is 176 Å². The van der Waals surface area contributed by atoms with Gasteiger partial charge in [0.15, 0.2) is 0 Å². The number of benzene rings is 3. The molecule has 4 rings (SSSR count). The van der Waals surface area contributed by atoms with Gasteiger partial charge in [0.2, 0.25) is 11.8 Å². The number of halogens is 2. The molecule has 0 radical (unpaired) electrons. The van der Waals surface area contributed by atoms with Gasteiger partial charge in [-0.1, -0.05) is 57.9 Å². The molecule has 4 nitrogen and oxygen atoms in total. The smallest absolute Gasteiger partial charge is 0.247 e. The molecule has 4 aromatic rings. The van der Waals surface area contributed by atoms with E-state index in [1.165, 1.54) is 0 Å². The third-order valence-corrected chi connectivity index (χ3v) is 5.52. The first-order valence-electron chi connectivity index (χ1n) is 8.77. The van der Waals surface area contributed by atoms with Crippen LogP contribution in [0.5, 0.6) is 0 Å². The molecule has 0 saturated carbocycles. The summed E-state index contributed by atoms with van der Waals surface area (Å²) in [4.78, 5) is 0. The van der Waals surface area contributed by atoms with Crippen LogP contribution in [0.4, 0.5) is 5.69 Å². The van der Waals surface area contributed by atoms with Crippen molar-refractivity contribution in [3.8, 4) is 11.5 Å². The number of aromatic nitrogens is 2. The standard InChI is InChI=1S/C22H17BrClN3O/c1-14-13-18(11-12-19(14)23)25-20(15-7-9-17(24)10-8-15)22-27-26-21(28-22)16-5-3-2-4-6-16/h2-13,20,25H,1H3/t20-/m1/s1. The second kappa shape index (κ2) is 8.17. The Balaban J connectivity index is 1.71. The van der Waals surface area contributed by atoms with Gasteiger partial charge in [-0.25, -0.2) is 0 Å². The van der Waals surface area contributed by atoms with Crippen LogP contribution < -0.4 is 5.32 Å². The Morgan fingerprint density at radius 3 is 2.43 bits per heavy atom. The minimum absolute atomic E-state index is 0.303. The van der Waals surface area contributed by atoms with E-state index in [2.05, 4.69) is 37.5 Å². The highest BCUT2D eigenvalue weighted by molar-refractivity contribution is 9.10. The maximum atomic E-state index is 6.07. The molecule has 0 saturated heterocycles. The zero-order valence-electron chi connectivity index (χ0n) is 15.1. The second-order valence-electron chi connectivity index (χ2n) is 6.40. The number of aryl methyl sites for hydroxylation is 1. The van der Waals surface area contributed by atoms with Gasteiger partial charge in [-0.3, -0.25) is 0 Å². The third-order valence-electron chi connectivity index (χ3n) is 4.38. The summed E-state index contributed by atoms with van der Waals surface area (Å²) in [5, 5.41) is 12.7. The van der Waals surface area contributed by atoms with E-state index < -0.39 is 0 Å². The summed E-state index contributed by atoms with van der Waals surface area (Å²) < 4.78 is 7.08. The van der Waals surface area contributed by atoms with Crippen molar-refractivity contribution < 1.29 is 4.42 Å². The lowest BCUT2D eigenvalue weighted by Crippen LogP contribution is -2.13. The summed E-state index contributed by atoms with van der Waals surface area (Å²) in [6.07, 6.45) is 0. The van der Waals surface area contributed by atoms with Crippen LogP contribution in [0.3, 0.4) is 0 Å². The zero-order valence-corrected chi connectivity index (χ0v) is 17.4. The lowest BCUT2D eigenvalue weighted by Gasteiger charge is -2.18. The minimum atomic E-state index is -0.303. The monoisotopic (exact) mass is 453 g/mol. The van der Waals surface area contributed by atoms with E-state index in [1.54, 1.807) is 0 Å². The highest BCUT2D eigenvalue weighted by Crippen LogP contribution is 2.30. The van der Waals surface area contributed by atoms with Gasteiger partial charge in [-0.2, -0.15) is 0 Å². The van der Waals surface area contributed by atoms with E-state index in [1.807, 2.05) is 73.7 Å². The van der Waals surface area contributed by atoms with Crippen LogP contribution in [0, 0.1) is 6.92 Å². The molecular formula is C22H17BrClN3O. The van der Waals surface area contributed by atoms with Crippen molar-refractivity contribution in [2.45, 2.75) is 13.0 Å². The summed E-state index contributed by atoms with van der Waals surface area (Å²) in [6.45, 7) is 2.05. The van der Waals surface area contributed by atoms with Crippen LogP contribution in [0.15, 0.2) is 81.7 Å². The lowest BCUT2D eigenvalue weighted by molar-refractivity contribution is 0.494. The Morgan fingerprint density at radius 2 is 1.71 bits per heavy atom. The first-order chi connectivity index (χ1) is 13.6. The number of hydrogen-bond donors (Lipinski definition) is 1. The molecule has 0 bridgehead atoms. The van der Waals surface area contributed by atoms with Crippen molar-refractivity contribution in [2.24, 2.45) is 0 Å². The van der Waals surface area contributed by atoms with Crippen LogP contribution in [-0.4, -0.2) is 10.2 Å². The minimum Gasteiger partial charge on any atom is -0.418 e. The zero-order chi connectivity index (χ0) is 19.5. The number of anilines is 1. The average Bonchev–Trinajstić information content (AvgIpc) is 3.20. The maximum absolute atomic E-state index is 6.07. The molecular weight excluding hydrogens is 438 g/mol. The summed E-state index contributed by atoms with van der Waals surface area (Å²) in [7, 11) is 0. The highest BCUT2D eigenvalue weighted by atomic mass is 79.9. The van der Waals surface area contributed by atoms with Gasteiger partial charge < -0.3 is 9.73 Å². The Hall–Kier alpha value is -2.63. The number of nitrogens with zero attached hydrogens (tertiary/aromatic N) is 2. The van der Waals surface area contributed by atoms with E-state index in [4.69, 9.17) is 16.0 Å². The fourth-order valence-corrected chi connectivity index (χ4v) is 3.27. The summed E-state index contributed by atoms with van der Waals surface area (Å²) in [5.41, 5.74) is 3.96. The molecule has 0 aliphatic carbocycles. The predicted octanol–water partition coefficient (Wildman–Crippen LogP) is 6.66. The molecule has 28 heavy (non-hydrogen) atoms. The maximum Gasteiger partial charge on any atom is 0.247 e. The molecule has 0 aliphatic heterocycles.